The van der Waals surface area contributed by atoms with Crippen molar-refractivity contribution in [1.82, 2.24) is 9.97 Å². The van der Waals surface area contributed by atoms with E-state index < -0.39 is 11.4 Å². The first-order valence-corrected chi connectivity index (χ1v) is 9.29. The summed E-state index contributed by atoms with van der Waals surface area (Å²) in [6.07, 6.45) is 1.26. The van der Waals surface area contributed by atoms with E-state index >= 15 is 0 Å². The van der Waals surface area contributed by atoms with Crippen LogP contribution in [0.4, 0.5) is 0 Å². The molecular formula is C20H18N2O4S. The van der Waals surface area contributed by atoms with Crippen LogP contribution in [0.25, 0.3) is 0 Å². The van der Waals surface area contributed by atoms with Crippen molar-refractivity contribution < 1.29 is 13.9 Å². The Morgan fingerprint density at radius 3 is 2.48 bits per heavy atom. The third kappa shape index (κ3) is 5.52. The van der Waals surface area contributed by atoms with Gasteiger partial charge >= 0.3 is 5.97 Å². The number of aryl methyl sites for hydroxylation is 2. The lowest BCUT2D eigenvalue weighted by atomic mass is 10.2. The van der Waals surface area contributed by atoms with E-state index in [1.807, 2.05) is 50.2 Å². The number of hydrogen-bond acceptors (Lipinski definition) is 7. The largest absolute Gasteiger partial charge is 0.464 e. The van der Waals surface area contributed by atoms with Crippen molar-refractivity contribution in [3.63, 3.8) is 0 Å². The molecule has 0 saturated carbocycles. The summed E-state index contributed by atoms with van der Waals surface area (Å²) in [4.78, 5) is 32.8. The summed E-state index contributed by atoms with van der Waals surface area (Å²) in [7, 11) is 0. The zero-order chi connectivity index (χ0) is 19.2. The topological polar surface area (TPSA) is 82.3 Å². The first-order chi connectivity index (χ1) is 13.0. The fourth-order valence-corrected chi connectivity index (χ4v) is 3.24. The molecule has 0 saturated heterocycles. The predicted octanol–water partition coefficient (Wildman–Crippen LogP) is 3.49. The number of esters is 1. The minimum absolute atomic E-state index is 0.0852. The van der Waals surface area contributed by atoms with Gasteiger partial charge in [0.2, 0.25) is 11.2 Å². The highest BCUT2D eigenvalue weighted by atomic mass is 32.2. The molecule has 0 aliphatic rings. The molecule has 0 aliphatic heterocycles. The van der Waals surface area contributed by atoms with Crippen molar-refractivity contribution in [1.29, 1.82) is 0 Å². The van der Waals surface area contributed by atoms with Crippen LogP contribution in [0.15, 0.2) is 63.1 Å². The van der Waals surface area contributed by atoms with Crippen molar-refractivity contribution in [2.24, 2.45) is 0 Å². The van der Waals surface area contributed by atoms with Crippen molar-refractivity contribution in [2.45, 2.75) is 31.2 Å². The molecule has 0 bridgehead atoms. The first kappa shape index (κ1) is 18.8. The fraction of sp³-hybridized carbons (Fsp3) is 0.200. The van der Waals surface area contributed by atoms with Crippen LogP contribution in [-0.4, -0.2) is 15.9 Å². The van der Waals surface area contributed by atoms with Crippen LogP contribution in [0, 0.1) is 13.8 Å². The number of hydrogen-bond donors (Lipinski definition) is 0. The molecule has 0 aliphatic carbocycles. The summed E-state index contributed by atoms with van der Waals surface area (Å²) >= 11 is 1.37. The molecule has 0 N–H and O–H groups in total. The van der Waals surface area contributed by atoms with Crippen LogP contribution in [0.3, 0.4) is 0 Å². The van der Waals surface area contributed by atoms with Gasteiger partial charge in [0, 0.05) is 17.5 Å². The first-order valence-electron chi connectivity index (χ1n) is 8.31. The van der Waals surface area contributed by atoms with E-state index in [9.17, 15) is 9.59 Å². The Morgan fingerprint density at radius 1 is 1.11 bits per heavy atom. The molecule has 6 nitrogen and oxygen atoms in total. The van der Waals surface area contributed by atoms with Crippen LogP contribution in [0.1, 0.15) is 22.7 Å². The SMILES string of the molecule is Cc1cc(C)nc(SCc2cc(=O)c(OC(=O)Cc3ccccc3)co2)n1. The van der Waals surface area contributed by atoms with Gasteiger partial charge in [-0.2, -0.15) is 0 Å². The van der Waals surface area contributed by atoms with E-state index in [2.05, 4.69) is 9.97 Å². The lowest BCUT2D eigenvalue weighted by molar-refractivity contribution is -0.133. The molecule has 0 radical (unpaired) electrons. The summed E-state index contributed by atoms with van der Waals surface area (Å²) in [5, 5.41) is 0.619. The third-order valence-corrected chi connectivity index (χ3v) is 4.44. The number of carbonyl (C=O) groups is 1. The van der Waals surface area contributed by atoms with Crippen LogP contribution in [-0.2, 0) is 17.0 Å². The minimum atomic E-state index is -0.515. The molecule has 7 heteroatoms. The van der Waals surface area contributed by atoms with E-state index in [0.29, 0.717) is 16.7 Å². The number of thioether (sulfide) groups is 1. The molecule has 0 spiro atoms. The Hall–Kier alpha value is -2.93. The molecule has 2 aromatic heterocycles. The zero-order valence-electron chi connectivity index (χ0n) is 15.0. The van der Waals surface area contributed by atoms with Gasteiger partial charge < -0.3 is 9.15 Å². The Bertz CT molecular complexity index is 982. The Kier molecular flexibility index (Phi) is 6.03. The normalized spacial score (nSPS) is 10.6. The average Bonchev–Trinajstić information content (AvgIpc) is 2.62. The van der Waals surface area contributed by atoms with Gasteiger partial charge in [-0.1, -0.05) is 42.1 Å². The number of ether oxygens (including phenoxy) is 1. The highest BCUT2D eigenvalue weighted by Crippen LogP contribution is 2.20. The Labute approximate surface area is 160 Å². The number of rotatable bonds is 6. The van der Waals surface area contributed by atoms with Crippen LogP contribution in [0.5, 0.6) is 5.75 Å². The smallest absolute Gasteiger partial charge is 0.315 e. The van der Waals surface area contributed by atoms with Gasteiger partial charge in [0.25, 0.3) is 0 Å². The molecule has 0 fully saturated rings. The van der Waals surface area contributed by atoms with Crippen LogP contribution in [0.2, 0.25) is 0 Å². The van der Waals surface area contributed by atoms with Crippen molar-refractivity contribution in [2.75, 3.05) is 0 Å². The third-order valence-electron chi connectivity index (χ3n) is 3.57. The van der Waals surface area contributed by atoms with Gasteiger partial charge in [0.15, 0.2) is 5.16 Å². The van der Waals surface area contributed by atoms with Gasteiger partial charge in [0.1, 0.15) is 12.0 Å². The summed E-state index contributed by atoms with van der Waals surface area (Å²) < 4.78 is 10.5. The number of benzene rings is 1. The Balaban J connectivity index is 1.61. The van der Waals surface area contributed by atoms with E-state index in [-0.39, 0.29) is 12.2 Å². The van der Waals surface area contributed by atoms with Gasteiger partial charge in [-0.15, -0.1) is 0 Å². The maximum Gasteiger partial charge on any atom is 0.315 e. The second-order valence-corrected chi connectivity index (χ2v) is 6.88. The summed E-state index contributed by atoms with van der Waals surface area (Å²) in [5.74, 6) is 0.221. The van der Waals surface area contributed by atoms with E-state index in [4.69, 9.17) is 9.15 Å². The number of nitrogens with zero attached hydrogens (tertiary/aromatic N) is 2. The molecule has 27 heavy (non-hydrogen) atoms. The second-order valence-electron chi connectivity index (χ2n) is 5.93. The standard InChI is InChI=1S/C20H18N2O4S/c1-13-8-14(2)22-20(21-13)27-12-16-10-17(23)18(11-25-16)26-19(24)9-15-6-4-3-5-7-15/h3-8,10-11H,9,12H2,1-2H3. The quantitative estimate of drug-likeness (QED) is 0.367. The van der Waals surface area contributed by atoms with Gasteiger partial charge in [-0.05, 0) is 25.5 Å². The molecule has 0 atom stereocenters. The maximum absolute atomic E-state index is 12.2. The number of aromatic nitrogens is 2. The van der Waals surface area contributed by atoms with Gasteiger partial charge in [-0.25, -0.2) is 9.97 Å². The summed E-state index contributed by atoms with van der Waals surface area (Å²) in [5.41, 5.74) is 2.17. The van der Waals surface area contributed by atoms with E-state index in [0.717, 1.165) is 17.0 Å². The fourth-order valence-electron chi connectivity index (χ4n) is 2.40. The van der Waals surface area contributed by atoms with Crippen LogP contribution >= 0.6 is 11.8 Å². The molecule has 0 amide bonds. The highest BCUT2D eigenvalue weighted by molar-refractivity contribution is 7.98. The Morgan fingerprint density at radius 2 is 1.81 bits per heavy atom. The van der Waals surface area contributed by atoms with E-state index in [1.165, 1.54) is 24.1 Å². The summed E-state index contributed by atoms with van der Waals surface area (Å²) in [6, 6.07) is 12.4. The van der Waals surface area contributed by atoms with Crippen molar-refractivity contribution in [3.05, 3.63) is 81.7 Å². The van der Waals surface area contributed by atoms with Crippen molar-refractivity contribution >= 4 is 17.7 Å². The number of carbonyl (C=O) groups excluding carboxylic acids is 1. The predicted molar refractivity (Wildman–Crippen MR) is 102 cm³/mol. The van der Waals surface area contributed by atoms with Crippen molar-refractivity contribution in [3.8, 4) is 5.75 Å². The average molecular weight is 382 g/mol. The minimum Gasteiger partial charge on any atom is -0.464 e. The molecule has 138 valence electrons. The summed E-state index contributed by atoms with van der Waals surface area (Å²) in [6.45, 7) is 3.80. The molecule has 3 rings (SSSR count). The molecule has 1 aromatic carbocycles. The lowest BCUT2D eigenvalue weighted by Gasteiger charge is -2.05. The zero-order valence-corrected chi connectivity index (χ0v) is 15.8. The highest BCUT2D eigenvalue weighted by Gasteiger charge is 2.12. The maximum atomic E-state index is 12.2. The second kappa shape index (κ2) is 8.64. The molecule has 2 heterocycles. The van der Waals surface area contributed by atoms with Gasteiger partial charge in [0.05, 0.1) is 12.2 Å². The molecule has 3 aromatic rings. The van der Waals surface area contributed by atoms with Gasteiger partial charge in [-0.3, -0.25) is 9.59 Å². The molecular weight excluding hydrogens is 364 g/mol. The van der Waals surface area contributed by atoms with Crippen LogP contribution < -0.4 is 10.2 Å². The lowest BCUT2D eigenvalue weighted by Crippen LogP contribution is -2.16. The van der Waals surface area contributed by atoms with E-state index in [1.54, 1.807) is 0 Å². The monoisotopic (exact) mass is 382 g/mol. The molecule has 0 unspecified atom stereocenters.